The lowest BCUT2D eigenvalue weighted by Gasteiger charge is -2.27. The number of rotatable bonds is 5. The summed E-state index contributed by atoms with van der Waals surface area (Å²) in [6, 6.07) is 17.1. The van der Waals surface area contributed by atoms with Crippen LogP contribution in [0.15, 0.2) is 72.1 Å². The van der Waals surface area contributed by atoms with Crippen molar-refractivity contribution < 1.29 is 23.4 Å². The lowest BCUT2D eigenvalue weighted by atomic mass is 9.83. The van der Waals surface area contributed by atoms with E-state index < -0.39 is 17.7 Å². The van der Waals surface area contributed by atoms with Gasteiger partial charge in [-0.15, -0.1) is 0 Å². The highest BCUT2D eigenvalue weighted by Gasteiger charge is 2.31. The number of nitriles is 1. The molecule has 4 rings (SSSR count). The van der Waals surface area contributed by atoms with Crippen molar-refractivity contribution in [1.82, 2.24) is 0 Å². The normalized spacial score (nSPS) is 14.7. The Hall–Kier alpha value is -3.73. The Morgan fingerprint density at radius 1 is 1.06 bits per heavy atom. The Bertz CT molecular complexity index is 1300. The van der Waals surface area contributed by atoms with Crippen LogP contribution in [0, 0.1) is 17.1 Å². The van der Waals surface area contributed by atoms with Crippen LogP contribution in [0.1, 0.15) is 17.0 Å². The highest BCUT2D eigenvalue weighted by molar-refractivity contribution is 6.42. The molecule has 1 aliphatic rings. The van der Waals surface area contributed by atoms with Crippen molar-refractivity contribution in [2.24, 2.45) is 5.73 Å². The van der Waals surface area contributed by atoms with Crippen LogP contribution in [0.2, 0.25) is 10.0 Å². The molecule has 0 fully saturated rings. The van der Waals surface area contributed by atoms with Gasteiger partial charge in [0.25, 0.3) is 0 Å². The van der Waals surface area contributed by atoms with Crippen molar-refractivity contribution in [3.05, 3.63) is 99.1 Å². The zero-order valence-corrected chi connectivity index (χ0v) is 18.4. The summed E-state index contributed by atoms with van der Waals surface area (Å²) < 4.78 is 29.2. The standard InChI is InChI=1S/C24H15Cl2FN2O4/c25-19-8-1-13(9-20(19)26)23-17-7-6-16(10-21(17)33-24(29)18(23)11-28)32-22(30)12-31-15-4-2-14(27)3-5-15/h1-10,23H,12,29H2. The van der Waals surface area contributed by atoms with Gasteiger partial charge < -0.3 is 19.9 Å². The minimum Gasteiger partial charge on any atom is -0.482 e. The number of nitrogens with two attached hydrogens (primary N) is 1. The number of halogens is 3. The first-order chi connectivity index (χ1) is 15.9. The number of benzene rings is 3. The molecule has 9 heteroatoms. The Balaban J connectivity index is 1.56. The average molecular weight is 485 g/mol. The molecule has 1 atom stereocenters. The minimum atomic E-state index is -0.669. The number of carbonyl (C=O) groups excluding carboxylic acids is 1. The third-order valence-electron chi connectivity index (χ3n) is 4.87. The Labute approximate surface area is 198 Å². The largest absolute Gasteiger partial charge is 0.482 e. The minimum absolute atomic E-state index is 0.0656. The summed E-state index contributed by atoms with van der Waals surface area (Å²) in [5, 5.41) is 10.4. The topological polar surface area (TPSA) is 94.6 Å². The second-order valence-corrected chi connectivity index (χ2v) is 7.83. The maximum atomic E-state index is 13.0. The molecule has 0 saturated heterocycles. The number of ether oxygens (including phenoxy) is 3. The molecule has 3 aromatic rings. The van der Waals surface area contributed by atoms with E-state index in [4.69, 9.17) is 43.1 Å². The van der Waals surface area contributed by atoms with Gasteiger partial charge in [0.1, 0.15) is 34.7 Å². The van der Waals surface area contributed by atoms with Crippen LogP contribution in [0.4, 0.5) is 4.39 Å². The second kappa shape index (κ2) is 9.41. The summed E-state index contributed by atoms with van der Waals surface area (Å²) in [6.45, 7) is -0.379. The van der Waals surface area contributed by atoms with Crippen LogP contribution in [0.3, 0.4) is 0 Å². The summed E-state index contributed by atoms with van der Waals surface area (Å²) in [4.78, 5) is 12.2. The lowest BCUT2D eigenvalue weighted by molar-refractivity contribution is -0.136. The SMILES string of the molecule is N#CC1=C(N)Oc2cc(OC(=O)COc3ccc(F)cc3)ccc2C1c1ccc(Cl)c(Cl)c1. The molecular formula is C24H15Cl2FN2O4. The highest BCUT2D eigenvalue weighted by atomic mass is 35.5. The van der Waals surface area contributed by atoms with E-state index in [0.29, 0.717) is 32.7 Å². The van der Waals surface area contributed by atoms with Gasteiger partial charge in [-0.3, -0.25) is 0 Å². The van der Waals surface area contributed by atoms with Crippen LogP contribution in [0.5, 0.6) is 17.2 Å². The number of esters is 1. The van der Waals surface area contributed by atoms with Crippen molar-refractivity contribution >= 4 is 29.2 Å². The van der Waals surface area contributed by atoms with Gasteiger partial charge in [0.15, 0.2) is 6.61 Å². The van der Waals surface area contributed by atoms with E-state index in [1.165, 1.54) is 30.3 Å². The van der Waals surface area contributed by atoms with Crippen molar-refractivity contribution in [3.63, 3.8) is 0 Å². The van der Waals surface area contributed by atoms with Gasteiger partial charge in [-0.1, -0.05) is 35.3 Å². The van der Waals surface area contributed by atoms with E-state index in [2.05, 4.69) is 6.07 Å². The fraction of sp³-hybridized carbons (Fsp3) is 0.0833. The van der Waals surface area contributed by atoms with Crippen molar-refractivity contribution in [1.29, 1.82) is 5.26 Å². The molecule has 1 heterocycles. The monoisotopic (exact) mass is 484 g/mol. The molecular weight excluding hydrogens is 470 g/mol. The van der Waals surface area contributed by atoms with Crippen LogP contribution in [-0.2, 0) is 4.79 Å². The summed E-state index contributed by atoms with van der Waals surface area (Å²) in [5.74, 6) is -0.837. The Morgan fingerprint density at radius 3 is 2.48 bits per heavy atom. The zero-order valence-electron chi connectivity index (χ0n) is 16.8. The predicted octanol–water partition coefficient (Wildman–Crippen LogP) is 5.34. The van der Waals surface area contributed by atoms with Crippen LogP contribution < -0.4 is 19.9 Å². The van der Waals surface area contributed by atoms with Crippen molar-refractivity contribution in [3.8, 4) is 23.3 Å². The molecule has 1 unspecified atom stereocenters. The number of fused-ring (bicyclic) bond motifs is 1. The molecule has 33 heavy (non-hydrogen) atoms. The highest BCUT2D eigenvalue weighted by Crippen LogP contribution is 2.44. The molecule has 1 aliphatic heterocycles. The first-order valence-electron chi connectivity index (χ1n) is 9.61. The smallest absolute Gasteiger partial charge is 0.349 e. The Morgan fingerprint density at radius 2 is 1.79 bits per heavy atom. The van der Waals surface area contributed by atoms with Gasteiger partial charge in [0.05, 0.1) is 16.0 Å². The first kappa shape index (κ1) is 22.5. The van der Waals surface area contributed by atoms with E-state index in [1.54, 1.807) is 30.3 Å². The van der Waals surface area contributed by atoms with Gasteiger partial charge in [-0.05, 0) is 48.0 Å². The van der Waals surface area contributed by atoms with Crippen molar-refractivity contribution in [2.75, 3.05) is 6.61 Å². The Kier molecular flexibility index (Phi) is 6.40. The number of hydrogen-bond acceptors (Lipinski definition) is 6. The maximum Gasteiger partial charge on any atom is 0.349 e. The second-order valence-electron chi connectivity index (χ2n) is 7.01. The van der Waals surface area contributed by atoms with Crippen LogP contribution in [0.25, 0.3) is 0 Å². The molecule has 0 amide bonds. The molecule has 6 nitrogen and oxygen atoms in total. The van der Waals surface area contributed by atoms with E-state index in [0.717, 1.165) is 0 Å². The molecule has 0 radical (unpaired) electrons. The molecule has 0 saturated carbocycles. The summed E-state index contributed by atoms with van der Waals surface area (Å²) in [6.07, 6.45) is 0. The van der Waals surface area contributed by atoms with E-state index >= 15 is 0 Å². The third kappa shape index (κ3) is 4.87. The summed E-state index contributed by atoms with van der Waals surface area (Å²) in [5.41, 5.74) is 7.56. The van der Waals surface area contributed by atoms with Gasteiger partial charge in [0.2, 0.25) is 5.88 Å². The van der Waals surface area contributed by atoms with Crippen LogP contribution in [-0.4, -0.2) is 12.6 Å². The number of hydrogen-bond donors (Lipinski definition) is 1. The fourth-order valence-electron chi connectivity index (χ4n) is 3.37. The molecule has 0 bridgehead atoms. The average Bonchev–Trinajstić information content (AvgIpc) is 2.79. The van der Waals surface area contributed by atoms with Gasteiger partial charge in [-0.25, -0.2) is 9.18 Å². The molecule has 3 aromatic carbocycles. The quantitative estimate of drug-likeness (QED) is 0.388. The van der Waals surface area contributed by atoms with Gasteiger partial charge >= 0.3 is 5.97 Å². The summed E-state index contributed by atoms with van der Waals surface area (Å²) >= 11 is 12.2. The van der Waals surface area contributed by atoms with Crippen molar-refractivity contribution in [2.45, 2.75) is 5.92 Å². The lowest BCUT2D eigenvalue weighted by Crippen LogP contribution is -2.21. The van der Waals surface area contributed by atoms with Gasteiger partial charge in [-0.2, -0.15) is 5.26 Å². The molecule has 0 spiro atoms. The maximum absolute atomic E-state index is 13.0. The molecule has 0 aliphatic carbocycles. The first-order valence-corrected chi connectivity index (χ1v) is 10.4. The van der Waals surface area contributed by atoms with E-state index in [1.807, 2.05) is 0 Å². The molecule has 2 N–H and O–H groups in total. The van der Waals surface area contributed by atoms with Gasteiger partial charge in [0, 0.05) is 11.6 Å². The predicted molar refractivity (Wildman–Crippen MR) is 120 cm³/mol. The summed E-state index contributed by atoms with van der Waals surface area (Å²) in [7, 11) is 0. The molecule has 0 aromatic heterocycles. The van der Waals surface area contributed by atoms with Crippen LogP contribution >= 0.6 is 23.2 Å². The number of carbonyl (C=O) groups is 1. The number of nitrogens with zero attached hydrogens (tertiary/aromatic N) is 1. The molecule has 166 valence electrons. The van der Waals surface area contributed by atoms with E-state index in [9.17, 15) is 14.4 Å². The number of allylic oxidation sites excluding steroid dienone is 1. The zero-order chi connectivity index (χ0) is 23.5. The third-order valence-corrected chi connectivity index (χ3v) is 5.61. The fourth-order valence-corrected chi connectivity index (χ4v) is 3.67. The van der Waals surface area contributed by atoms with E-state index in [-0.39, 0.29) is 23.8 Å².